The fraction of sp³-hybridized carbons (Fsp3) is 0. The molecule has 0 atom stereocenters. The third-order valence-corrected chi connectivity index (χ3v) is 4.65. The van der Waals surface area contributed by atoms with Crippen LogP contribution < -0.4 is 0 Å². The number of rotatable bonds is 0. The molecule has 0 saturated carbocycles. The second-order valence-electron chi connectivity index (χ2n) is 6.98. The van der Waals surface area contributed by atoms with Crippen molar-refractivity contribution in [2.45, 2.75) is 0 Å². The maximum atomic E-state index is 4.62. The maximum Gasteiger partial charge on any atom is 0.0659 e. The first-order valence-electron chi connectivity index (χ1n) is 9.76. The van der Waals surface area contributed by atoms with E-state index >= 15 is 0 Å². The number of hydrogen-bond acceptors (Lipinski definition) is 2. The number of nitrogens with zero attached hydrogens (tertiary/aromatic N) is 2. The molecule has 0 fully saturated rings. The van der Waals surface area contributed by atoms with Crippen molar-refractivity contribution in [1.29, 1.82) is 0 Å². The molecule has 1 aromatic carbocycles. The Morgan fingerprint density at radius 2 is 0.938 bits per heavy atom. The normalized spacial score (nSPS) is 11.0. The summed E-state index contributed by atoms with van der Waals surface area (Å²) < 4.78 is 0. The Labute approximate surface area is 221 Å². The Hall–Kier alpha value is -2.56. The molecule has 4 nitrogen and oxygen atoms in total. The van der Waals surface area contributed by atoms with E-state index in [0.29, 0.717) is 0 Å². The van der Waals surface area contributed by atoms with E-state index in [1.165, 1.54) is 0 Å². The van der Waals surface area contributed by atoms with Crippen LogP contribution in [0.1, 0.15) is 22.8 Å². The van der Waals surface area contributed by atoms with Gasteiger partial charge in [-0.05, 0) is 72.8 Å². The summed E-state index contributed by atoms with van der Waals surface area (Å²) in [5, 5.41) is 0. The van der Waals surface area contributed by atoms with Gasteiger partial charge in [0.05, 0.1) is 22.8 Å². The predicted molar refractivity (Wildman–Crippen MR) is 130 cm³/mol. The van der Waals surface area contributed by atoms with Gasteiger partial charge in [-0.2, -0.15) is 36.4 Å². The molecule has 1 radical (unpaired) electrons. The zero-order valence-electron chi connectivity index (χ0n) is 17.9. The van der Waals surface area contributed by atoms with Crippen LogP contribution in [-0.4, -0.2) is 49.5 Å². The monoisotopic (exact) mass is 474 g/mol. The van der Waals surface area contributed by atoms with Crippen LogP contribution in [0.3, 0.4) is 0 Å². The minimum atomic E-state index is 0. The molecule has 0 spiro atoms. The molecule has 2 N–H and O–H groups in total. The Morgan fingerprint density at radius 3 is 1.31 bits per heavy atom. The number of nitrogens with one attached hydrogen (secondary N) is 2. The van der Waals surface area contributed by atoms with Crippen LogP contribution in [0, 0.1) is 6.07 Å². The van der Waals surface area contributed by atoms with Crippen molar-refractivity contribution in [1.82, 2.24) is 19.9 Å². The summed E-state index contributed by atoms with van der Waals surface area (Å²) in [6.45, 7) is 0. The van der Waals surface area contributed by atoms with Gasteiger partial charge in [0.15, 0.2) is 0 Å². The number of fused-ring (bicyclic) bond motifs is 8. The van der Waals surface area contributed by atoms with Crippen LogP contribution >= 0.6 is 0 Å². The number of benzene rings is 1. The van der Waals surface area contributed by atoms with E-state index in [0.717, 1.165) is 44.8 Å². The van der Waals surface area contributed by atoms with Crippen molar-refractivity contribution < 1.29 is 19.5 Å². The Balaban J connectivity index is 0.000000317. The van der Waals surface area contributed by atoms with E-state index in [4.69, 9.17) is 0 Å². The van der Waals surface area contributed by atoms with Crippen LogP contribution in [0.5, 0.6) is 0 Å². The minimum Gasteiger partial charge on any atom is -0.355 e. The average Bonchev–Trinajstić information content (AvgIpc) is 3.56. The second-order valence-corrected chi connectivity index (χ2v) is 6.98. The van der Waals surface area contributed by atoms with Gasteiger partial charge >= 0.3 is 0 Å². The van der Waals surface area contributed by atoms with E-state index in [1.54, 1.807) is 0 Å². The third kappa shape index (κ3) is 6.24. The van der Waals surface area contributed by atoms with Crippen LogP contribution in [-0.2, 0) is 19.5 Å². The molecule has 5 heterocycles. The zero-order valence-corrected chi connectivity index (χ0v) is 22.9. The van der Waals surface area contributed by atoms with Crippen molar-refractivity contribution in [2.75, 3.05) is 0 Å². The largest absolute Gasteiger partial charge is 0.355 e. The standard InChI is InChI=1S/C20H14N4.C6H5.Na.Zn/c1-2-14-10-16-5-6-18(23-16)12-20-8-7-19(24-20)11-17-4-3-15(22-17)9-13(1)21-14;1-2-4-6-5-3-1;;/h1-12,21-22H;1-5H;;/q;-1;;. The first kappa shape index (κ1) is 24.1. The van der Waals surface area contributed by atoms with E-state index < -0.39 is 0 Å². The van der Waals surface area contributed by atoms with Crippen LogP contribution in [0.25, 0.3) is 46.4 Å². The van der Waals surface area contributed by atoms with E-state index in [1.807, 2.05) is 72.8 Å². The number of hydrogen-bond donors (Lipinski definition) is 2. The summed E-state index contributed by atoms with van der Waals surface area (Å²) in [7, 11) is 0. The maximum absolute atomic E-state index is 4.62. The molecule has 0 aliphatic carbocycles. The molecule has 4 aromatic rings. The number of aromatic amines is 2. The van der Waals surface area contributed by atoms with Crippen molar-refractivity contribution in [3.05, 3.63) is 108 Å². The molecule has 32 heavy (non-hydrogen) atoms. The average molecular weight is 476 g/mol. The molecule has 0 unspecified atom stereocenters. The first-order chi connectivity index (χ1) is 14.8. The quantitative estimate of drug-likeness (QED) is 0.217. The summed E-state index contributed by atoms with van der Waals surface area (Å²) >= 11 is 0. The molecule has 2 aliphatic rings. The molecule has 6 rings (SSSR count). The van der Waals surface area contributed by atoms with Crippen molar-refractivity contribution >= 4 is 75.9 Å². The van der Waals surface area contributed by atoms with E-state index in [9.17, 15) is 0 Å². The Kier molecular flexibility index (Phi) is 8.55. The van der Waals surface area contributed by atoms with E-state index in [2.05, 4.69) is 56.3 Å². The molecular weight excluding hydrogens is 457 g/mol. The van der Waals surface area contributed by atoms with Crippen LogP contribution in [0.15, 0.2) is 78.9 Å². The van der Waals surface area contributed by atoms with Crippen molar-refractivity contribution in [2.24, 2.45) is 0 Å². The molecule has 8 bridgehead atoms. The Morgan fingerprint density at radius 1 is 0.531 bits per heavy atom. The molecule has 2 aliphatic heterocycles. The van der Waals surface area contributed by atoms with Gasteiger partial charge in [-0.15, -0.1) is 0 Å². The van der Waals surface area contributed by atoms with Gasteiger partial charge in [0.1, 0.15) is 0 Å². The molecule has 0 saturated heterocycles. The van der Waals surface area contributed by atoms with Crippen LogP contribution in [0.4, 0.5) is 0 Å². The van der Waals surface area contributed by atoms with Gasteiger partial charge < -0.3 is 9.97 Å². The zero-order chi connectivity index (χ0) is 20.2. The van der Waals surface area contributed by atoms with Crippen molar-refractivity contribution in [3.63, 3.8) is 0 Å². The van der Waals surface area contributed by atoms with Gasteiger partial charge in [-0.25, -0.2) is 9.97 Å². The third-order valence-electron chi connectivity index (χ3n) is 4.65. The first-order valence-corrected chi connectivity index (χ1v) is 9.76. The van der Waals surface area contributed by atoms with Gasteiger partial charge in [-0.1, -0.05) is 0 Å². The minimum absolute atomic E-state index is 0. The van der Waals surface area contributed by atoms with Crippen molar-refractivity contribution in [3.8, 4) is 0 Å². The molecule has 3 aromatic heterocycles. The van der Waals surface area contributed by atoms with Crippen LogP contribution in [0.2, 0.25) is 0 Å². The summed E-state index contributed by atoms with van der Waals surface area (Å²) in [6, 6.07) is 28.9. The molecule has 6 heteroatoms. The molecular formula is C26H19N4NaZn-. The summed E-state index contributed by atoms with van der Waals surface area (Å²) in [4.78, 5) is 16.0. The molecule has 147 valence electrons. The summed E-state index contributed by atoms with van der Waals surface area (Å²) in [6.07, 6.45) is 8.05. The van der Waals surface area contributed by atoms with Gasteiger partial charge in [0.25, 0.3) is 0 Å². The summed E-state index contributed by atoms with van der Waals surface area (Å²) in [5.41, 5.74) is 7.86. The van der Waals surface area contributed by atoms with Gasteiger partial charge in [0, 0.05) is 71.1 Å². The molecule has 0 amide bonds. The SMILES string of the molecule is C1=Cc2cc3ccc(cc4ccc(cc5nc(cc1n2)C=C5)[nH]4)[nH]3.[Na].[Zn].[c-]1ccccc1. The van der Waals surface area contributed by atoms with Gasteiger partial charge in [-0.3, -0.25) is 0 Å². The van der Waals surface area contributed by atoms with E-state index in [-0.39, 0.29) is 49.0 Å². The summed E-state index contributed by atoms with van der Waals surface area (Å²) in [5.74, 6) is 0. The predicted octanol–water partition coefficient (Wildman–Crippen LogP) is 5.76. The van der Waals surface area contributed by atoms with Gasteiger partial charge in [0.2, 0.25) is 0 Å². The fourth-order valence-electron chi connectivity index (χ4n) is 3.29. The Bertz CT molecular complexity index is 1290. The smallest absolute Gasteiger partial charge is 0.0659 e. The number of H-pyrrole nitrogens is 2. The number of aromatic nitrogens is 4. The second kappa shape index (κ2) is 11.4. The topological polar surface area (TPSA) is 57.4 Å². The fourth-order valence-corrected chi connectivity index (χ4v) is 3.29.